The van der Waals surface area contributed by atoms with Crippen LogP contribution in [0.15, 0.2) is 42.7 Å². The molecule has 0 aliphatic heterocycles. The molecule has 0 fully saturated rings. The molecule has 0 unspecified atom stereocenters. The molecule has 2 rings (SSSR count). The van der Waals surface area contributed by atoms with Crippen LogP contribution in [0.5, 0.6) is 0 Å². The summed E-state index contributed by atoms with van der Waals surface area (Å²) in [5.41, 5.74) is -0.362. The van der Waals surface area contributed by atoms with Gasteiger partial charge in [-0.1, -0.05) is 6.07 Å². The van der Waals surface area contributed by atoms with Crippen LogP contribution in [0, 0.1) is 11.3 Å². The van der Waals surface area contributed by atoms with Gasteiger partial charge in [-0.3, -0.25) is 4.98 Å². The SMILES string of the molecule is N#Cc1ccc(-c2ccncc2)c(C(F)(F)F)c1. The Morgan fingerprint density at radius 1 is 1.06 bits per heavy atom. The molecule has 0 saturated heterocycles. The predicted octanol–water partition coefficient (Wildman–Crippen LogP) is 3.64. The summed E-state index contributed by atoms with van der Waals surface area (Å²) in [6.07, 6.45) is -1.65. The fourth-order valence-corrected chi connectivity index (χ4v) is 1.63. The molecule has 18 heavy (non-hydrogen) atoms. The summed E-state index contributed by atoms with van der Waals surface area (Å²) in [5, 5.41) is 8.66. The van der Waals surface area contributed by atoms with Crippen LogP contribution in [0.25, 0.3) is 11.1 Å². The van der Waals surface area contributed by atoms with Gasteiger partial charge < -0.3 is 0 Å². The highest BCUT2D eigenvalue weighted by Gasteiger charge is 2.33. The highest BCUT2D eigenvalue weighted by Crippen LogP contribution is 2.37. The number of aromatic nitrogens is 1. The van der Waals surface area contributed by atoms with E-state index in [2.05, 4.69) is 4.98 Å². The first-order valence-corrected chi connectivity index (χ1v) is 5.04. The average molecular weight is 248 g/mol. The third-order valence-electron chi connectivity index (χ3n) is 2.45. The van der Waals surface area contributed by atoms with Crippen molar-refractivity contribution in [2.24, 2.45) is 0 Å². The van der Waals surface area contributed by atoms with Gasteiger partial charge in [0.15, 0.2) is 0 Å². The van der Waals surface area contributed by atoms with Crippen molar-refractivity contribution in [3.05, 3.63) is 53.9 Å². The predicted molar refractivity (Wildman–Crippen MR) is 59.4 cm³/mol. The van der Waals surface area contributed by atoms with Crippen molar-refractivity contribution in [2.75, 3.05) is 0 Å². The molecule has 0 aliphatic rings. The zero-order valence-corrected chi connectivity index (χ0v) is 9.07. The third-order valence-corrected chi connectivity index (χ3v) is 2.45. The standard InChI is InChI=1S/C13H7F3N2/c14-13(15,16)12-7-9(8-17)1-2-11(12)10-3-5-18-6-4-10/h1-7H. The molecule has 0 bridgehead atoms. The Morgan fingerprint density at radius 3 is 2.28 bits per heavy atom. The van der Waals surface area contributed by atoms with E-state index in [0.717, 1.165) is 6.07 Å². The number of halogens is 3. The van der Waals surface area contributed by atoms with Crippen LogP contribution < -0.4 is 0 Å². The maximum Gasteiger partial charge on any atom is 0.417 e. The molecular weight excluding hydrogens is 241 g/mol. The summed E-state index contributed by atoms with van der Waals surface area (Å²) < 4.78 is 38.8. The second-order valence-electron chi connectivity index (χ2n) is 3.61. The summed E-state index contributed by atoms with van der Waals surface area (Å²) in [7, 11) is 0. The van der Waals surface area contributed by atoms with Gasteiger partial charge in [0, 0.05) is 12.4 Å². The van der Waals surface area contributed by atoms with E-state index in [1.165, 1.54) is 36.7 Å². The summed E-state index contributed by atoms with van der Waals surface area (Å²) in [5.74, 6) is 0. The highest BCUT2D eigenvalue weighted by molar-refractivity contribution is 5.68. The molecule has 2 aromatic rings. The molecular formula is C13H7F3N2. The molecule has 1 heterocycles. The van der Waals surface area contributed by atoms with E-state index in [9.17, 15) is 13.2 Å². The Labute approximate surface area is 101 Å². The number of pyridine rings is 1. The number of alkyl halides is 3. The van der Waals surface area contributed by atoms with E-state index in [-0.39, 0.29) is 11.1 Å². The van der Waals surface area contributed by atoms with Crippen LogP contribution in [0.3, 0.4) is 0 Å². The normalized spacial score (nSPS) is 11.0. The number of nitrogens with zero attached hydrogens (tertiary/aromatic N) is 2. The van der Waals surface area contributed by atoms with Crippen molar-refractivity contribution in [3.8, 4) is 17.2 Å². The van der Waals surface area contributed by atoms with Crippen LogP contribution in [0.1, 0.15) is 11.1 Å². The van der Waals surface area contributed by atoms with Crippen LogP contribution in [0.4, 0.5) is 13.2 Å². The maximum absolute atomic E-state index is 12.9. The van der Waals surface area contributed by atoms with E-state index in [4.69, 9.17) is 5.26 Å². The first-order valence-electron chi connectivity index (χ1n) is 5.04. The van der Waals surface area contributed by atoms with E-state index >= 15 is 0 Å². The van der Waals surface area contributed by atoms with Crippen molar-refractivity contribution < 1.29 is 13.2 Å². The van der Waals surface area contributed by atoms with E-state index in [1.54, 1.807) is 6.07 Å². The Bertz CT molecular complexity index is 598. The molecule has 0 saturated carbocycles. The van der Waals surface area contributed by atoms with Gasteiger partial charge in [0.1, 0.15) is 0 Å². The highest BCUT2D eigenvalue weighted by atomic mass is 19.4. The Hall–Kier alpha value is -2.35. The van der Waals surface area contributed by atoms with Crippen molar-refractivity contribution in [3.63, 3.8) is 0 Å². The molecule has 0 spiro atoms. The summed E-state index contributed by atoms with van der Waals surface area (Å²) >= 11 is 0. The minimum atomic E-state index is -4.49. The van der Waals surface area contributed by atoms with Crippen LogP contribution in [0.2, 0.25) is 0 Å². The molecule has 0 N–H and O–H groups in total. The van der Waals surface area contributed by atoms with Crippen LogP contribution in [-0.4, -0.2) is 4.98 Å². The van der Waals surface area contributed by atoms with E-state index < -0.39 is 11.7 Å². The van der Waals surface area contributed by atoms with Crippen molar-refractivity contribution >= 4 is 0 Å². The lowest BCUT2D eigenvalue weighted by Gasteiger charge is -2.13. The summed E-state index contributed by atoms with van der Waals surface area (Å²) in [4.78, 5) is 3.76. The fraction of sp³-hybridized carbons (Fsp3) is 0.0769. The summed E-state index contributed by atoms with van der Waals surface area (Å²) in [6, 6.07) is 8.22. The number of benzene rings is 1. The largest absolute Gasteiger partial charge is 0.417 e. The second kappa shape index (κ2) is 4.49. The van der Waals surface area contributed by atoms with E-state index in [0.29, 0.717) is 5.56 Å². The van der Waals surface area contributed by atoms with Crippen molar-refractivity contribution in [2.45, 2.75) is 6.18 Å². The topological polar surface area (TPSA) is 36.7 Å². The molecule has 2 nitrogen and oxygen atoms in total. The first kappa shape index (κ1) is 12.1. The van der Waals surface area contributed by atoms with E-state index in [1.807, 2.05) is 0 Å². The average Bonchev–Trinajstić information content (AvgIpc) is 2.38. The molecule has 1 aromatic heterocycles. The molecule has 1 aromatic carbocycles. The molecule has 0 radical (unpaired) electrons. The fourth-order valence-electron chi connectivity index (χ4n) is 1.63. The Balaban J connectivity index is 2.65. The number of nitriles is 1. The lowest BCUT2D eigenvalue weighted by molar-refractivity contribution is -0.137. The van der Waals surface area contributed by atoms with Gasteiger partial charge >= 0.3 is 6.18 Å². The quantitative estimate of drug-likeness (QED) is 0.772. The molecule has 0 amide bonds. The van der Waals surface area contributed by atoms with Gasteiger partial charge in [0.25, 0.3) is 0 Å². The minimum Gasteiger partial charge on any atom is -0.265 e. The lowest BCUT2D eigenvalue weighted by atomic mass is 9.98. The Morgan fingerprint density at radius 2 is 1.72 bits per heavy atom. The van der Waals surface area contributed by atoms with Crippen molar-refractivity contribution in [1.29, 1.82) is 5.26 Å². The lowest BCUT2D eigenvalue weighted by Crippen LogP contribution is -2.07. The zero-order valence-electron chi connectivity index (χ0n) is 9.07. The zero-order chi connectivity index (χ0) is 13.2. The number of hydrogen-bond acceptors (Lipinski definition) is 2. The molecule has 90 valence electrons. The van der Waals surface area contributed by atoms with Crippen molar-refractivity contribution in [1.82, 2.24) is 4.98 Å². The maximum atomic E-state index is 12.9. The van der Waals surface area contributed by atoms with Crippen LogP contribution in [-0.2, 0) is 6.18 Å². The number of hydrogen-bond donors (Lipinski definition) is 0. The van der Waals surface area contributed by atoms with Gasteiger partial charge in [0.05, 0.1) is 17.2 Å². The third kappa shape index (κ3) is 2.33. The smallest absolute Gasteiger partial charge is 0.265 e. The van der Waals surface area contributed by atoms with Crippen LogP contribution >= 0.6 is 0 Å². The van der Waals surface area contributed by atoms with Gasteiger partial charge in [-0.15, -0.1) is 0 Å². The van der Waals surface area contributed by atoms with Gasteiger partial charge in [-0.05, 0) is 35.4 Å². The van der Waals surface area contributed by atoms with Gasteiger partial charge in [0.2, 0.25) is 0 Å². The minimum absolute atomic E-state index is 0.0138. The molecule has 0 atom stereocenters. The van der Waals surface area contributed by atoms with Gasteiger partial charge in [-0.25, -0.2) is 0 Å². The summed E-state index contributed by atoms with van der Waals surface area (Å²) in [6.45, 7) is 0. The molecule has 0 aliphatic carbocycles. The first-order chi connectivity index (χ1) is 8.52. The monoisotopic (exact) mass is 248 g/mol. The Kier molecular flexibility index (Phi) is 3.02. The number of rotatable bonds is 1. The molecule has 5 heteroatoms. The van der Waals surface area contributed by atoms with Gasteiger partial charge in [-0.2, -0.15) is 18.4 Å². The second-order valence-corrected chi connectivity index (χ2v) is 3.61.